The van der Waals surface area contributed by atoms with Gasteiger partial charge < -0.3 is 14.7 Å². The number of hydroxylamine groups is 2. The molecule has 0 aromatic heterocycles. The lowest BCUT2D eigenvalue weighted by Crippen LogP contribution is -2.31. The summed E-state index contributed by atoms with van der Waals surface area (Å²) in [7, 11) is 0. The van der Waals surface area contributed by atoms with E-state index < -0.39 is 24.1 Å². The van der Waals surface area contributed by atoms with Gasteiger partial charge in [-0.05, 0) is 92.7 Å². The van der Waals surface area contributed by atoms with E-state index in [4.69, 9.17) is 9.57 Å². The van der Waals surface area contributed by atoms with Crippen molar-refractivity contribution >= 4 is 85.6 Å². The van der Waals surface area contributed by atoms with Crippen molar-refractivity contribution < 1.29 is 29.1 Å². The van der Waals surface area contributed by atoms with Gasteiger partial charge in [-0.25, -0.2) is 4.79 Å². The number of amides is 2. The number of rotatable bonds is 10. The largest absolute Gasteiger partial charge is 0.364 e. The number of carbonyl (C=O) groups is 3. The lowest BCUT2D eigenvalue weighted by atomic mass is 10.1. The number of aliphatic hydroxyl groups excluding tert-OH is 1. The normalized spacial score (nSPS) is 15.2. The van der Waals surface area contributed by atoms with Gasteiger partial charge in [0.2, 0.25) is 0 Å². The molecule has 1 heterocycles. The molecule has 2 amide bonds. The zero-order chi connectivity index (χ0) is 20.7. The van der Waals surface area contributed by atoms with Gasteiger partial charge in [-0.1, -0.05) is 12.8 Å². The van der Waals surface area contributed by atoms with Gasteiger partial charge in [0, 0.05) is 35.5 Å². The quantitative estimate of drug-likeness (QED) is 0.129. The fourth-order valence-corrected chi connectivity index (χ4v) is 5.02. The van der Waals surface area contributed by atoms with Crippen molar-refractivity contribution in [2.45, 2.75) is 51.2 Å². The minimum absolute atomic E-state index is 0.0954. The van der Waals surface area contributed by atoms with Crippen LogP contribution in [0, 0.1) is 10.7 Å². The number of hydrogen-bond donors (Lipinski definition) is 1. The predicted octanol–water partition coefficient (Wildman–Crippen LogP) is 4.07. The highest BCUT2D eigenvalue weighted by Crippen LogP contribution is 2.30. The molecule has 0 aliphatic carbocycles. The lowest BCUT2D eigenvalue weighted by Gasteiger charge is -2.16. The summed E-state index contributed by atoms with van der Waals surface area (Å²) in [5, 5.41) is 10.9. The van der Waals surface area contributed by atoms with Crippen LogP contribution in [-0.2, 0) is 24.0 Å². The number of hydrogen-bond acceptors (Lipinski definition) is 6. The zero-order valence-corrected chi connectivity index (χ0v) is 21.4. The van der Waals surface area contributed by atoms with Gasteiger partial charge in [-0.15, -0.1) is 5.06 Å². The van der Waals surface area contributed by atoms with Crippen LogP contribution in [0.2, 0.25) is 0 Å². The topological polar surface area (TPSA) is 93.1 Å². The highest BCUT2D eigenvalue weighted by Gasteiger charge is 2.32. The van der Waals surface area contributed by atoms with E-state index >= 15 is 0 Å². The van der Waals surface area contributed by atoms with Gasteiger partial charge in [-0.2, -0.15) is 0 Å². The maximum Gasteiger partial charge on any atom is 0.333 e. The summed E-state index contributed by atoms with van der Waals surface area (Å²) in [5.74, 6) is -1.50. The molecule has 1 aliphatic rings. The summed E-state index contributed by atoms with van der Waals surface area (Å²) in [6, 6.07) is 3.95. The van der Waals surface area contributed by atoms with E-state index in [1.54, 1.807) is 0 Å². The minimum atomic E-state index is -0.959. The van der Waals surface area contributed by atoms with Gasteiger partial charge in [0.25, 0.3) is 11.8 Å². The fourth-order valence-electron chi connectivity index (χ4n) is 2.58. The van der Waals surface area contributed by atoms with E-state index in [1.165, 1.54) is 0 Å². The Hall–Kier alpha value is -0.0600. The minimum Gasteiger partial charge on any atom is -0.364 e. The Balaban J connectivity index is 1.60. The first-order valence-corrected chi connectivity index (χ1v) is 12.0. The third-order valence-electron chi connectivity index (χ3n) is 4.08. The van der Waals surface area contributed by atoms with E-state index in [2.05, 4.69) is 67.8 Å². The third kappa shape index (κ3) is 7.02. The van der Waals surface area contributed by atoms with E-state index in [0.717, 1.165) is 35.5 Å². The van der Waals surface area contributed by atoms with Crippen LogP contribution in [0.5, 0.6) is 0 Å². The van der Waals surface area contributed by atoms with E-state index in [1.807, 2.05) is 12.1 Å². The number of benzene rings is 1. The Labute approximate surface area is 204 Å². The van der Waals surface area contributed by atoms with Crippen molar-refractivity contribution in [3.05, 3.63) is 28.4 Å². The van der Waals surface area contributed by atoms with Gasteiger partial charge in [0.05, 0.1) is 6.61 Å². The summed E-state index contributed by atoms with van der Waals surface area (Å²) in [4.78, 5) is 39.3. The van der Waals surface area contributed by atoms with Crippen LogP contribution >= 0.6 is 67.8 Å². The molecular weight excluding hydrogens is 707 g/mol. The van der Waals surface area contributed by atoms with Crippen LogP contribution < -0.4 is 0 Å². The molecule has 10 heteroatoms. The Morgan fingerprint density at radius 3 is 2.32 bits per heavy atom. The molecule has 1 unspecified atom stereocenters. The number of ether oxygens (including phenoxy) is 1. The molecule has 1 N–H and O–H groups in total. The average molecular weight is 727 g/mol. The first-order chi connectivity index (χ1) is 13.3. The monoisotopic (exact) mass is 727 g/mol. The zero-order valence-electron chi connectivity index (χ0n) is 15.0. The molecule has 0 saturated carbocycles. The Morgan fingerprint density at radius 1 is 1.04 bits per heavy atom. The molecule has 1 atom stereocenters. The van der Waals surface area contributed by atoms with E-state index in [-0.39, 0.29) is 19.3 Å². The van der Waals surface area contributed by atoms with Crippen LogP contribution in [0.1, 0.15) is 56.8 Å². The lowest BCUT2D eigenvalue weighted by molar-refractivity contribution is -0.197. The van der Waals surface area contributed by atoms with Crippen molar-refractivity contribution in [1.29, 1.82) is 0 Å². The molecule has 0 spiro atoms. The Morgan fingerprint density at radius 2 is 1.64 bits per heavy atom. The SMILES string of the molecule is O=C(CCCCCCOC(O)c1c(I)ccc(I)c1I)ON1C(=O)CCC1=O. The highest BCUT2D eigenvalue weighted by atomic mass is 127. The predicted molar refractivity (Wildman–Crippen MR) is 126 cm³/mol. The first-order valence-electron chi connectivity index (χ1n) is 8.81. The van der Waals surface area contributed by atoms with Gasteiger partial charge in [0.1, 0.15) is 0 Å². The molecule has 2 rings (SSSR count). The van der Waals surface area contributed by atoms with E-state index in [0.29, 0.717) is 18.1 Å². The molecule has 1 fully saturated rings. The second-order valence-corrected chi connectivity index (χ2v) is 9.59. The molecule has 0 radical (unpaired) electrons. The number of nitrogens with zero attached hydrogens (tertiary/aromatic N) is 1. The fraction of sp³-hybridized carbons (Fsp3) is 0.500. The molecule has 0 bridgehead atoms. The molecular formula is C18H20I3NO6. The van der Waals surface area contributed by atoms with Crippen molar-refractivity contribution in [2.24, 2.45) is 0 Å². The van der Waals surface area contributed by atoms with Crippen LogP contribution in [0.3, 0.4) is 0 Å². The number of carbonyl (C=O) groups excluding carboxylic acids is 3. The van der Waals surface area contributed by atoms with Gasteiger partial charge in [0.15, 0.2) is 6.29 Å². The summed E-state index contributed by atoms with van der Waals surface area (Å²) < 4.78 is 8.58. The summed E-state index contributed by atoms with van der Waals surface area (Å²) in [5.41, 5.74) is 0.793. The molecule has 1 saturated heterocycles. The van der Waals surface area contributed by atoms with Crippen LogP contribution in [-0.4, -0.2) is 34.6 Å². The molecule has 1 aliphatic heterocycles. The Bertz CT molecular complexity index is 726. The maximum absolute atomic E-state index is 11.7. The maximum atomic E-state index is 11.7. The van der Waals surface area contributed by atoms with Crippen LogP contribution in [0.4, 0.5) is 0 Å². The number of aliphatic hydroxyl groups is 1. The third-order valence-corrected chi connectivity index (χ3v) is 8.11. The molecule has 1 aromatic rings. The molecule has 154 valence electrons. The van der Waals surface area contributed by atoms with Crippen LogP contribution in [0.25, 0.3) is 0 Å². The van der Waals surface area contributed by atoms with Crippen molar-refractivity contribution in [3.8, 4) is 0 Å². The Kier molecular flexibility index (Phi) is 10.3. The summed E-state index contributed by atoms with van der Waals surface area (Å²) in [6.07, 6.45) is 2.36. The molecule has 7 nitrogen and oxygen atoms in total. The van der Waals surface area contributed by atoms with Crippen molar-refractivity contribution in [3.63, 3.8) is 0 Å². The van der Waals surface area contributed by atoms with E-state index in [9.17, 15) is 19.5 Å². The molecule has 28 heavy (non-hydrogen) atoms. The standard InChI is InChI=1S/C18H20I3NO6/c19-11-6-7-12(20)17(21)16(11)18(26)27-10-4-2-1-3-5-15(25)28-22-13(23)8-9-14(22)24/h6-7,18,26H,1-5,8-10H2. The number of halogens is 3. The second-order valence-electron chi connectivity index (χ2n) is 6.19. The number of imide groups is 1. The van der Waals surface area contributed by atoms with Gasteiger partial charge in [-0.3, -0.25) is 9.59 Å². The van der Waals surface area contributed by atoms with Gasteiger partial charge >= 0.3 is 5.97 Å². The summed E-state index contributed by atoms with van der Waals surface area (Å²) in [6.45, 7) is 0.417. The summed E-state index contributed by atoms with van der Waals surface area (Å²) >= 11 is 6.62. The van der Waals surface area contributed by atoms with Crippen molar-refractivity contribution in [1.82, 2.24) is 5.06 Å². The smallest absolute Gasteiger partial charge is 0.333 e. The van der Waals surface area contributed by atoms with Crippen LogP contribution in [0.15, 0.2) is 12.1 Å². The highest BCUT2D eigenvalue weighted by molar-refractivity contribution is 14.1. The first kappa shape index (κ1) is 24.2. The number of unbranched alkanes of at least 4 members (excludes halogenated alkanes) is 3. The molecule has 1 aromatic carbocycles. The van der Waals surface area contributed by atoms with Crippen molar-refractivity contribution in [2.75, 3.05) is 6.61 Å². The second kappa shape index (κ2) is 12.0. The average Bonchev–Trinajstić information content (AvgIpc) is 2.96.